The Morgan fingerprint density at radius 3 is 2.59 bits per heavy atom. The molecular formula is C22H28N4O3. The van der Waals surface area contributed by atoms with Gasteiger partial charge in [0, 0.05) is 18.3 Å². The summed E-state index contributed by atoms with van der Waals surface area (Å²) in [7, 11) is 3.00. The molecule has 0 heterocycles. The molecule has 7 heteroatoms. The molecule has 0 unspecified atom stereocenters. The van der Waals surface area contributed by atoms with Crippen molar-refractivity contribution in [1.29, 1.82) is 0 Å². The Morgan fingerprint density at radius 1 is 1.28 bits per heavy atom. The average molecular weight is 396 g/mol. The van der Waals surface area contributed by atoms with Crippen molar-refractivity contribution in [2.24, 2.45) is 11.0 Å². The van der Waals surface area contributed by atoms with E-state index in [0.717, 1.165) is 44.3 Å². The van der Waals surface area contributed by atoms with Crippen molar-refractivity contribution < 1.29 is 14.4 Å². The second-order valence-corrected chi connectivity index (χ2v) is 6.78. The number of anilines is 1. The monoisotopic (exact) mass is 396 g/mol. The molecule has 0 saturated carbocycles. The van der Waals surface area contributed by atoms with Crippen LogP contribution in [-0.2, 0) is 11.4 Å². The van der Waals surface area contributed by atoms with Crippen LogP contribution in [0.15, 0.2) is 48.1 Å². The third-order valence-corrected chi connectivity index (χ3v) is 4.39. The summed E-state index contributed by atoms with van der Waals surface area (Å²) in [6.45, 7) is 10.1. The topological polar surface area (TPSA) is 89.2 Å². The first-order chi connectivity index (χ1) is 13.7. The smallest absolute Gasteiger partial charge is 0.335 e. The maximum absolute atomic E-state index is 12.0. The molecule has 0 radical (unpaired) electrons. The van der Waals surface area contributed by atoms with Gasteiger partial charge in [0.2, 0.25) is 0 Å². The van der Waals surface area contributed by atoms with Gasteiger partial charge in [-0.2, -0.15) is 0 Å². The fraction of sp³-hybridized carbons (Fsp3) is 0.273. The lowest BCUT2D eigenvalue weighted by atomic mass is 10.0. The third kappa shape index (κ3) is 5.58. The largest absolute Gasteiger partial charge is 0.489 e. The molecule has 0 atom stereocenters. The highest BCUT2D eigenvalue weighted by Gasteiger charge is 2.14. The molecule has 0 aromatic heterocycles. The van der Waals surface area contributed by atoms with Gasteiger partial charge in [0.25, 0.3) is 0 Å². The highest BCUT2D eigenvalue weighted by Crippen LogP contribution is 2.28. The minimum absolute atomic E-state index is 0.262. The summed E-state index contributed by atoms with van der Waals surface area (Å²) in [6, 6.07) is 11.0. The van der Waals surface area contributed by atoms with Crippen LogP contribution in [0.1, 0.15) is 36.1 Å². The van der Waals surface area contributed by atoms with Crippen molar-refractivity contribution >= 4 is 23.0 Å². The molecule has 29 heavy (non-hydrogen) atoms. The van der Waals surface area contributed by atoms with E-state index in [9.17, 15) is 4.79 Å². The summed E-state index contributed by atoms with van der Waals surface area (Å²) >= 11 is 0. The van der Waals surface area contributed by atoms with Crippen molar-refractivity contribution in [2.75, 3.05) is 19.5 Å². The summed E-state index contributed by atoms with van der Waals surface area (Å²) in [5, 5.41) is 7.75. The lowest BCUT2D eigenvalue weighted by Crippen LogP contribution is -2.37. The van der Waals surface area contributed by atoms with Crippen LogP contribution in [0, 0.1) is 6.92 Å². The van der Waals surface area contributed by atoms with E-state index >= 15 is 0 Å². The van der Waals surface area contributed by atoms with Crippen LogP contribution in [0.5, 0.6) is 5.75 Å². The fourth-order valence-corrected chi connectivity index (χ4v) is 2.84. The molecule has 0 saturated heterocycles. The van der Waals surface area contributed by atoms with Gasteiger partial charge in [-0.25, -0.2) is 10.6 Å². The number of oxime groups is 1. The number of hydrogen-bond acceptors (Lipinski definition) is 5. The minimum atomic E-state index is -0.418. The lowest BCUT2D eigenvalue weighted by Gasteiger charge is -2.19. The van der Waals surface area contributed by atoms with Gasteiger partial charge in [-0.1, -0.05) is 29.4 Å². The Morgan fingerprint density at radius 2 is 2.00 bits per heavy atom. The summed E-state index contributed by atoms with van der Waals surface area (Å²) in [5.74, 6) is 6.27. The normalized spacial score (nSPS) is 11.0. The number of allylic oxidation sites excluding steroid dienone is 1. The number of benzene rings is 2. The third-order valence-electron chi connectivity index (χ3n) is 4.39. The van der Waals surface area contributed by atoms with Gasteiger partial charge in [0.05, 0.1) is 5.71 Å². The molecular weight excluding hydrogens is 368 g/mol. The number of rotatable bonds is 7. The van der Waals surface area contributed by atoms with E-state index in [1.54, 1.807) is 0 Å². The molecule has 7 nitrogen and oxygen atoms in total. The van der Waals surface area contributed by atoms with Gasteiger partial charge < -0.3 is 14.9 Å². The highest BCUT2D eigenvalue weighted by molar-refractivity contribution is 5.98. The Hall–Kier alpha value is -3.32. The number of nitrogens with two attached hydrogens (primary N) is 1. The molecule has 2 amide bonds. The van der Waals surface area contributed by atoms with E-state index in [-0.39, 0.29) is 6.61 Å². The molecule has 0 bridgehead atoms. The summed E-state index contributed by atoms with van der Waals surface area (Å²) in [6.07, 6.45) is 0. The van der Waals surface area contributed by atoms with E-state index < -0.39 is 6.03 Å². The first kappa shape index (κ1) is 22.0. The lowest BCUT2D eigenvalue weighted by molar-refractivity contribution is 0.213. The fourth-order valence-electron chi connectivity index (χ4n) is 2.84. The zero-order valence-electron chi connectivity index (χ0n) is 17.6. The van der Waals surface area contributed by atoms with Crippen molar-refractivity contribution in [2.45, 2.75) is 27.4 Å². The molecule has 0 fully saturated rings. The second kappa shape index (κ2) is 9.75. The molecule has 0 aliphatic carbocycles. The van der Waals surface area contributed by atoms with Crippen LogP contribution >= 0.6 is 0 Å². The highest BCUT2D eigenvalue weighted by atomic mass is 16.6. The predicted molar refractivity (Wildman–Crippen MR) is 117 cm³/mol. The number of amides is 2. The van der Waals surface area contributed by atoms with E-state index in [4.69, 9.17) is 15.4 Å². The van der Waals surface area contributed by atoms with Gasteiger partial charge >= 0.3 is 6.03 Å². The maximum Gasteiger partial charge on any atom is 0.335 e. The van der Waals surface area contributed by atoms with Crippen LogP contribution in [-0.4, -0.2) is 30.9 Å². The van der Waals surface area contributed by atoms with Gasteiger partial charge in [0.15, 0.2) is 0 Å². The molecule has 0 aliphatic heterocycles. The summed E-state index contributed by atoms with van der Waals surface area (Å²) < 4.78 is 6.08. The molecule has 2 rings (SSSR count). The molecule has 0 spiro atoms. The number of hydrogen-bond donors (Lipinski definition) is 2. The number of aryl methyl sites for hydroxylation is 1. The standard InChI is InChI=1S/C22H28N4O3/c1-14(2)18-8-7-9-20(24-22(27)26(5)23)19(18)13-29-21-11-10-17(12-15(21)3)16(4)25-28-6/h7-12H,1,13,23H2,2-6H3,(H,24,27). The van der Waals surface area contributed by atoms with Crippen LogP contribution in [0.3, 0.4) is 0 Å². The van der Waals surface area contributed by atoms with E-state index in [1.807, 2.05) is 57.2 Å². The first-order valence-corrected chi connectivity index (χ1v) is 9.13. The number of carbonyl (C=O) groups is 1. The van der Waals surface area contributed by atoms with Gasteiger partial charge in [-0.3, -0.25) is 5.01 Å². The van der Waals surface area contributed by atoms with E-state index in [2.05, 4.69) is 17.1 Å². The molecule has 2 aromatic rings. The van der Waals surface area contributed by atoms with Crippen LogP contribution < -0.4 is 15.9 Å². The van der Waals surface area contributed by atoms with Crippen molar-refractivity contribution in [3.05, 3.63) is 65.2 Å². The zero-order chi connectivity index (χ0) is 21.6. The number of nitrogens with zero attached hydrogens (tertiary/aromatic N) is 2. The summed E-state index contributed by atoms with van der Waals surface area (Å²) in [4.78, 5) is 16.9. The number of hydrazine groups is 1. The Labute approximate surface area is 171 Å². The Balaban J connectivity index is 2.30. The number of nitrogens with one attached hydrogen (secondary N) is 1. The second-order valence-electron chi connectivity index (χ2n) is 6.78. The number of carbonyl (C=O) groups excluding carboxylic acids is 1. The molecule has 2 aromatic carbocycles. The number of ether oxygens (including phenoxy) is 1. The molecule has 0 aliphatic rings. The van der Waals surface area contributed by atoms with Crippen LogP contribution in [0.2, 0.25) is 0 Å². The average Bonchev–Trinajstić information content (AvgIpc) is 2.67. The van der Waals surface area contributed by atoms with Gasteiger partial charge in [-0.15, -0.1) is 0 Å². The van der Waals surface area contributed by atoms with E-state index in [0.29, 0.717) is 5.69 Å². The first-order valence-electron chi connectivity index (χ1n) is 9.13. The van der Waals surface area contributed by atoms with Crippen LogP contribution in [0.4, 0.5) is 10.5 Å². The molecule has 154 valence electrons. The van der Waals surface area contributed by atoms with Crippen molar-refractivity contribution in [3.8, 4) is 5.75 Å². The Kier molecular flexibility index (Phi) is 7.39. The number of urea groups is 1. The van der Waals surface area contributed by atoms with E-state index in [1.165, 1.54) is 14.2 Å². The van der Waals surface area contributed by atoms with Gasteiger partial charge in [0.1, 0.15) is 19.5 Å². The predicted octanol–water partition coefficient (Wildman–Crippen LogP) is 4.31. The van der Waals surface area contributed by atoms with Crippen molar-refractivity contribution in [3.63, 3.8) is 0 Å². The quantitative estimate of drug-likeness (QED) is 0.316. The summed E-state index contributed by atoms with van der Waals surface area (Å²) in [5.41, 5.74) is 5.96. The van der Waals surface area contributed by atoms with Gasteiger partial charge in [-0.05, 0) is 61.7 Å². The van der Waals surface area contributed by atoms with Crippen LogP contribution in [0.25, 0.3) is 5.57 Å². The maximum atomic E-state index is 12.0. The zero-order valence-corrected chi connectivity index (χ0v) is 17.6. The van der Waals surface area contributed by atoms with Crippen molar-refractivity contribution in [1.82, 2.24) is 5.01 Å². The minimum Gasteiger partial charge on any atom is -0.489 e. The Bertz CT molecular complexity index is 936. The molecule has 3 N–H and O–H groups in total. The SMILES string of the molecule is C=C(C)c1cccc(NC(=O)N(C)N)c1COc1ccc(C(C)=NOC)cc1C.